The fourth-order valence-corrected chi connectivity index (χ4v) is 1.58. The van der Waals surface area contributed by atoms with Gasteiger partial charge in [0.05, 0.1) is 11.1 Å². The minimum Gasteiger partial charge on any atom is -0.478 e. The lowest BCUT2D eigenvalue weighted by atomic mass is 9.87. The van der Waals surface area contributed by atoms with Gasteiger partial charge in [0.1, 0.15) is 0 Å². The molecule has 0 aliphatic carbocycles. The van der Waals surface area contributed by atoms with Gasteiger partial charge < -0.3 is 10.2 Å². The first-order valence-corrected chi connectivity index (χ1v) is 5.05. The van der Waals surface area contributed by atoms with Gasteiger partial charge in [0.25, 0.3) is 0 Å². The van der Waals surface area contributed by atoms with E-state index in [1.54, 1.807) is 0 Å². The third-order valence-electron chi connectivity index (χ3n) is 2.27. The van der Waals surface area contributed by atoms with Gasteiger partial charge in [-0.05, 0) is 5.92 Å². The van der Waals surface area contributed by atoms with Crippen LogP contribution >= 0.6 is 0 Å². The van der Waals surface area contributed by atoms with Crippen molar-refractivity contribution in [2.75, 3.05) is 0 Å². The molecule has 0 fully saturated rings. The molecule has 0 saturated heterocycles. The SMILES string of the molecule is CC(C)C(C(=O)O)=C(C(=O)O)C(C(F)(F)F)C(F)(F)F. The first kappa shape index (κ1) is 18.3. The fourth-order valence-electron chi connectivity index (χ4n) is 1.58. The molecule has 10 heteroatoms. The second kappa shape index (κ2) is 5.71. The van der Waals surface area contributed by atoms with Gasteiger partial charge in [0, 0.05) is 0 Å². The van der Waals surface area contributed by atoms with E-state index in [9.17, 15) is 35.9 Å². The lowest BCUT2D eigenvalue weighted by Crippen LogP contribution is -2.41. The molecule has 0 heterocycles. The summed E-state index contributed by atoms with van der Waals surface area (Å²) >= 11 is 0. The highest BCUT2D eigenvalue weighted by Gasteiger charge is 2.61. The van der Waals surface area contributed by atoms with Crippen molar-refractivity contribution in [3.63, 3.8) is 0 Å². The Labute approximate surface area is 108 Å². The molecule has 0 aliphatic rings. The smallest absolute Gasteiger partial charge is 0.404 e. The van der Waals surface area contributed by atoms with Crippen LogP contribution in [0.2, 0.25) is 0 Å². The molecule has 0 rings (SSSR count). The predicted octanol–water partition coefficient (Wildman–Crippen LogP) is 2.85. The standard InChI is InChI=1S/C10H10F6O4/c1-3(2)4(7(17)18)5(8(19)20)6(9(11,12)13)10(14,15)16/h3,6H,1-2H3,(H,17,18)(H,19,20). The molecule has 0 radical (unpaired) electrons. The second-order valence-electron chi connectivity index (χ2n) is 4.11. The first-order chi connectivity index (χ1) is 8.71. The minimum absolute atomic E-state index is 0.982. The summed E-state index contributed by atoms with van der Waals surface area (Å²) in [4.78, 5) is 21.6. The van der Waals surface area contributed by atoms with Gasteiger partial charge in [-0.1, -0.05) is 13.8 Å². The van der Waals surface area contributed by atoms with E-state index in [0.717, 1.165) is 13.8 Å². The Morgan fingerprint density at radius 3 is 1.25 bits per heavy atom. The van der Waals surface area contributed by atoms with Crippen molar-refractivity contribution in [1.82, 2.24) is 0 Å². The Hall–Kier alpha value is -1.74. The Morgan fingerprint density at radius 1 is 0.800 bits per heavy atom. The van der Waals surface area contributed by atoms with Crippen molar-refractivity contribution < 1.29 is 46.1 Å². The van der Waals surface area contributed by atoms with Crippen LogP contribution in [0.1, 0.15) is 13.8 Å². The number of aliphatic carboxylic acids is 2. The number of hydrogen-bond acceptors (Lipinski definition) is 2. The summed E-state index contributed by atoms with van der Waals surface area (Å²) in [7, 11) is 0. The third kappa shape index (κ3) is 4.14. The van der Waals surface area contributed by atoms with Gasteiger partial charge >= 0.3 is 24.3 Å². The van der Waals surface area contributed by atoms with Crippen molar-refractivity contribution in [3.8, 4) is 0 Å². The monoisotopic (exact) mass is 308 g/mol. The maximum atomic E-state index is 12.5. The van der Waals surface area contributed by atoms with E-state index in [4.69, 9.17) is 10.2 Å². The molecule has 0 aromatic carbocycles. The maximum absolute atomic E-state index is 12.5. The number of halogens is 6. The van der Waals surface area contributed by atoms with E-state index < -0.39 is 47.3 Å². The zero-order chi connectivity index (χ0) is 16.5. The molecule has 0 aromatic heterocycles. The van der Waals surface area contributed by atoms with Crippen LogP contribution in [0.5, 0.6) is 0 Å². The van der Waals surface area contributed by atoms with Crippen molar-refractivity contribution >= 4 is 11.9 Å². The van der Waals surface area contributed by atoms with Gasteiger partial charge in [0.2, 0.25) is 0 Å². The molecule has 0 amide bonds. The van der Waals surface area contributed by atoms with E-state index in [2.05, 4.69) is 0 Å². The molecule has 0 aromatic rings. The summed E-state index contributed by atoms with van der Waals surface area (Å²) in [6.07, 6.45) is -11.9. The van der Waals surface area contributed by atoms with Gasteiger partial charge in [-0.15, -0.1) is 0 Å². The average molecular weight is 308 g/mol. The molecular formula is C10H10F6O4. The summed E-state index contributed by atoms with van der Waals surface area (Å²) in [6.45, 7) is 1.96. The van der Waals surface area contributed by atoms with E-state index in [0.29, 0.717) is 0 Å². The summed E-state index contributed by atoms with van der Waals surface area (Å²) in [5, 5.41) is 17.3. The highest BCUT2D eigenvalue weighted by atomic mass is 19.4. The average Bonchev–Trinajstić information content (AvgIpc) is 2.10. The molecule has 20 heavy (non-hydrogen) atoms. The van der Waals surface area contributed by atoms with Crippen molar-refractivity contribution in [3.05, 3.63) is 11.1 Å². The zero-order valence-corrected chi connectivity index (χ0v) is 10.1. The first-order valence-electron chi connectivity index (χ1n) is 5.05. The van der Waals surface area contributed by atoms with Crippen LogP contribution in [0.25, 0.3) is 0 Å². The maximum Gasteiger partial charge on any atom is 0.404 e. The molecule has 0 spiro atoms. The Bertz CT molecular complexity index is 418. The van der Waals surface area contributed by atoms with Crippen LogP contribution in [-0.4, -0.2) is 34.5 Å². The highest BCUT2D eigenvalue weighted by molar-refractivity contribution is 5.99. The number of rotatable bonds is 4. The van der Waals surface area contributed by atoms with Crippen LogP contribution < -0.4 is 0 Å². The predicted molar refractivity (Wildman–Crippen MR) is 52.7 cm³/mol. The number of alkyl halides is 6. The minimum atomic E-state index is -5.97. The lowest BCUT2D eigenvalue weighted by Gasteiger charge is -2.25. The molecule has 0 aliphatic heterocycles. The van der Waals surface area contributed by atoms with E-state index in [1.165, 1.54) is 0 Å². The quantitative estimate of drug-likeness (QED) is 0.618. The Morgan fingerprint density at radius 2 is 1.10 bits per heavy atom. The van der Waals surface area contributed by atoms with E-state index in [1.807, 2.05) is 0 Å². The molecule has 2 N–H and O–H groups in total. The third-order valence-corrected chi connectivity index (χ3v) is 2.27. The molecule has 0 unspecified atom stereocenters. The van der Waals surface area contributed by atoms with Gasteiger partial charge in [-0.3, -0.25) is 0 Å². The van der Waals surface area contributed by atoms with Crippen LogP contribution in [0.4, 0.5) is 26.3 Å². The van der Waals surface area contributed by atoms with Gasteiger partial charge in [-0.2, -0.15) is 26.3 Å². The van der Waals surface area contributed by atoms with Crippen molar-refractivity contribution in [2.24, 2.45) is 11.8 Å². The van der Waals surface area contributed by atoms with Crippen molar-refractivity contribution in [2.45, 2.75) is 26.2 Å². The Balaban J connectivity index is 6.48. The molecule has 0 saturated carbocycles. The fraction of sp³-hybridized carbons (Fsp3) is 0.600. The zero-order valence-electron chi connectivity index (χ0n) is 10.1. The molecule has 116 valence electrons. The van der Waals surface area contributed by atoms with Crippen LogP contribution in [0, 0.1) is 11.8 Å². The summed E-state index contributed by atoms with van der Waals surface area (Å²) in [5.41, 5.74) is -3.65. The molecule has 0 atom stereocenters. The van der Waals surface area contributed by atoms with Crippen LogP contribution in [0.15, 0.2) is 11.1 Å². The van der Waals surface area contributed by atoms with Gasteiger partial charge in [-0.25, -0.2) is 9.59 Å². The lowest BCUT2D eigenvalue weighted by molar-refractivity contribution is -0.272. The number of hydrogen-bond donors (Lipinski definition) is 2. The number of carbonyl (C=O) groups is 2. The second-order valence-corrected chi connectivity index (χ2v) is 4.11. The molecule has 4 nitrogen and oxygen atoms in total. The summed E-state index contributed by atoms with van der Waals surface area (Å²) < 4.78 is 75.0. The summed E-state index contributed by atoms with van der Waals surface area (Å²) in [5.74, 6) is -10.4. The van der Waals surface area contributed by atoms with E-state index >= 15 is 0 Å². The van der Waals surface area contributed by atoms with Crippen LogP contribution in [-0.2, 0) is 9.59 Å². The highest BCUT2D eigenvalue weighted by Crippen LogP contribution is 2.45. The van der Waals surface area contributed by atoms with Gasteiger partial charge in [0.15, 0.2) is 5.92 Å². The normalized spacial score (nSPS) is 14.5. The largest absolute Gasteiger partial charge is 0.478 e. The number of carboxylic acids is 2. The Kier molecular flexibility index (Phi) is 5.22. The van der Waals surface area contributed by atoms with E-state index in [-0.39, 0.29) is 0 Å². The molecular weight excluding hydrogens is 298 g/mol. The topological polar surface area (TPSA) is 74.6 Å². The number of carboxylic acid groups (broad SMARTS) is 2. The van der Waals surface area contributed by atoms with Crippen molar-refractivity contribution in [1.29, 1.82) is 0 Å². The van der Waals surface area contributed by atoms with Crippen LogP contribution in [0.3, 0.4) is 0 Å². The summed E-state index contributed by atoms with van der Waals surface area (Å²) in [6, 6.07) is 0. The molecule has 0 bridgehead atoms.